The Morgan fingerprint density at radius 3 is 2.52 bits per heavy atom. The molecule has 1 N–H and O–H groups in total. The molecule has 1 aromatic carbocycles. The quantitative estimate of drug-likeness (QED) is 0.604. The van der Waals surface area contributed by atoms with Crippen LogP contribution in [0.25, 0.3) is 28.3 Å². The SMILES string of the molecule is CC(C)C(=O)Nc1ccc(-c2ccc3nnc(-c4cccnc4)n3n2)cc1. The fourth-order valence-electron chi connectivity index (χ4n) is 2.63. The Morgan fingerprint density at radius 1 is 1.00 bits per heavy atom. The third-order valence-electron chi connectivity index (χ3n) is 4.16. The van der Waals surface area contributed by atoms with Crippen LogP contribution >= 0.6 is 0 Å². The van der Waals surface area contributed by atoms with E-state index in [0.717, 1.165) is 22.5 Å². The number of hydrogen-bond donors (Lipinski definition) is 1. The van der Waals surface area contributed by atoms with E-state index in [1.165, 1.54) is 0 Å². The van der Waals surface area contributed by atoms with Crippen molar-refractivity contribution in [2.24, 2.45) is 5.92 Å². The van der Waals surface area contributed by atoms with Gasteiger partial charge in [-0.25, -0.2) is 0 Å². The molecule has 0 atom stereocenters. The van der Waals surface area contributed by atoms with E-state index in [0.29, 0.717) is 11.5 Å². The van der Waals surface area contributed by atoms with Crippen LogP contribution < -0.4 is 5.32 Å². The van der Waals surface area contributed by atoms with Crippen LogP contribution in [0.5, 0.6) is 0 Å². The lowest BCUT2D eigenvalue weighted by Crippen LogP contribution is -2.17. The predicted octanol–water partition coefficient (Wildman–Crippen LogP) is 3.45. The molecule has 7 nitrogen and oxygen atoms in total. The number of carbonyl (C=O) groups is 1. The molecule has 0 spiro atoms. The number of nitrogens with zero attached hydrogens (tertiary/aromatic N) is 5. The molecule has 0 saturated heterocycles. The van der Waals surface area contributed by atoms with Crippen molar-refractivity contribution in [3.63, 3.8) is 0 Å². The second-order valence-electron chi connectivity index (χ2n) is 6.48. The highest BCUT2D eigenvalue weighted by Gasteiger charge is 2.11. The van der Waals surface area contributed by atoms with Gasteiger partial charge in [-0.15, -0.1) is 10.2 Å². The minimum absolute atomic E-state index is 0.00658. The highest BCUT2D eigenvalue weighted by Crippen LogP contribution is 2.22. The highest BCUT2D eigenvalue weighted by molar-refractivity contribution is 5.92. The van der Waals surface area contributed by atoms with Crippen LogP contribution in [0.4, 0.5) is 5.69 Å². The van der Waals surface area contributed by atoms with E-state index < -0.39 is 0 Å². The van der Waals surface area contributed by atoms with Crippen molar-refractivity contribution in [2.45, 2.75) is 13.8 Å². The van der Waals surface area contributed by atoms with Crippen LogP contribution in [0.2, 0.25) is 0 Å². The molecule has 0 unspecified atom stereocenters. The Labute approximate surface area is 156 Å². The lowest BCUT2D eigenvalue weighted by atomic mass is 10.1. The lowest BCUT2D eigenvalue weighted by molar-refractivity contribution is -0.118. The van der Waals surface area contributed by atoms with Gasteiger partial charge in [0.05, 0.1) is 5.69 Å². The number of nitrogens with one attached hydrogen (secondary N) is 1. The third kappa shape index (κ3) is 3.39. The summed E-state index contributed by atoms with van der Waals surface area (Å²) in [5.41, 5.74) is 4.00. The maximum absolute atomic E-state index is 11.8. The summed E-state index contributed by atoms with van der Waals surface area (Å²) in [4.78, 5) is 15.9. The molecular weight excluding hydrogens is 340 g/mol. The molecule has 1 amide bonds. The minimum atomic E-state index is -0.0617. The normalized spacial score (nSPS) is 11.1. The van der Waals surface area contributed by atoms with E-state index in [1.807, 2.05) is 62.4 Å². The zero-order valence-electron chi connectivity index (χ0n) is 15.0. The summed E-state index contributed by atoms with van der Waals surface area (Å²) in [7, 11) is 0. The van der Waals surface area contributed by atoms with Gasteiger partial charge in [-0.05, 0) is 36.4 Å². The van der Waals surface area contributed by atoms with Crippen LogP contribution in [-0.2, 0) is 4.79 Å². The van der Waals surface area contributed by atoms with Gasteiger partial charge in [-0.2, -0.15) is 9.61 Å². The Hall–Kier alpha value is -3.61. The van der Waals surface area contributed by atoms with Crippen molar-refractivity contribution < 1.29 is 4.79 Å². The smallest absolute Gasteiger partial charge is 0.226 e. The molecule has 3 heterocycles. The third-order valence-corrected chi connectivity index (χ3v) is 4.16. The zero-order valence-corrected chi connectivity index (χ0v) is 15.0. The molecule has 0 aliphatic rings. The number of carbonyl (C=O) groups excluding carboxylic acids is 1. The van der Waals surface area contributed by atoms with Gasteiger partial charge >= 0.3 is 0 Å². The first kappa shape index (κ1) is 16.8. The summed E-state index contributed by atoms with van der Waals surface area (Å²) in [5.74, 6) is 0.571. The molecule has 4 aromatic rings. The molecule has 4 rings (SSSR count). The highest BCUT2D eigenvalue weighted by atomic mass is 16.1. The number of hydrogen-bond acceptors (Lipinski definition) is 5. The molecule has 134 valence electrons. The van der Waals surface area contributed by atoms with Crippen molar-refractivity contribution in [3.05, 3.63) is 60.9 Å². The van der Waals surface area contributed by atoms with Gasteiger partial charge in [0.25, 0.3) is 0 Å². The molecule has 3 aromatic heterocycles. The van der Waals surface area contributed by atoms with Gasteiger partial charge in [0.2, 0.25) is 5.91 Å². The van der Waals surface area contributed by atoms with Crippen molar-refractivity contribution in [1.29, 1.82) is 0 Å². The maximum atomic E-state index is 11.8. The van der Waals surface area contributed by atoms with E-state index in [2.05, 4.69) is 25.6 Å². The van der Waals surface area contributed by atoms with E-state index >= 15 is 0 Å². The summed E-state index contributed by atoms with van der Waals surface area (Å²) < 4.78 is 1.71. The molecule has 0 aliphatic heterocycles. The first-order valence-electron chi connectivity index (χ1n) is 8.66. The standard InChI is InChI=1S/C20H18N6O/c1-13(2)20(27)22-16-7-5-14(6-8-16)17-9-10-18-23-24-19(26(18)25-17)15-4-3-11-21-12-15/h3-13H,1-2H3,(H,22,27). The number of anilines is 1. The van der Waals surface area contributed by atoms with Gasteiger partial charge in [-0.1, -0.05) is 26.0 Å². The van der Waals surface area contributed by atoms with Crippen LogP contribution in [0, 0.1) is 5.92 Å². The Morgan fingerprint density at radius 2 is 1.81 bits per heavy atom. The summed E-state index contributed by atoms with van der Waals surface area (Å²) >= 11 is 0. The molecule has 0 fully saturated rings. The van der Waals surface area contributed by atoms with Crippen LogP contribution in [0.15, 0.2) is 60.9 Å². The fourth-order valence-corrected chi connectivity index (χ4v) is 2.63. The molecule has 27 heavy (non-hydrogen) atoms. The monoisotopic (exact) mass is 358 g/mol. The molecule has 0 bridgehead atoms. The number of aromatic nitrogens is 5. The first-order chi connectivity index (χ1) is 13.1. The summed E-state index contributed by atoms with van der Waals surface area (Å²) in [6.07, 6.45) is 3.45. The summed E-state index contributed by atoms with van der Waals surface area (Å²) in [5, 5.41) is 16.0. The van der Waals surface area contributed by atoms with Crippen molar-refractivity contribution in [1.82, 2.24) is 24.8 Å². The maximum Gasteiger partial charge on any atom is 0.226 e. The average molecular weight is 358 g/mol. The van der Waals surface area contributed by atoms with Crippen LogP contribution in [-0.4, -0.2) is 30.7 Å². The Bertz CT molecular complexity index is 1090. The van der Waals surface area contributed by atoms with E-state index in [-0.39, 0.29) is 11.8 Å². The topological polar surface area (TPSA) is 85.1 Å². The minimum Gasteiger partial charge on any atom is -0.326 e. The van der Waals surface area contributed by atoms with Crippen molar-refractivity contribution >= 4 is 17.2 Å². The number of fused-ring (bicyclic) bond motifs is 1. The molecule has 7 heteroatoms. The fraction of sp³-hybridized carbons (Fsp3) is 0.150. The second kappa shape index (κ2) is 6.95. The van der Waals surface area contributed by atoms with E-state index in [9.17, 15) is 4.79 Å². The average Bonchev–Trinajstić information content (AvgIpc) is 3.12. The first-order valence-corrected chi connectivity index (χ1v) is 8.66. The summed E-state index contributed by atoms with van der Waals surface area (Å²) in [6, 6.07) is 15.2. The van der Waals surface area contributed by atoms with Gasteiger partial charge in [0.15, 0.2) is 11.5 Å². The molecule has 0 aliphatic carbocycles. The summed E-state index contributed by atoms with van der Waals surface area (Å²) in [6.45, 7) is 3.73. The zero-order chi connectivity index (χ0) is 18.8. The number of amides is 1. The van der Waals surface area contributed by atoms with Gasteiger partial charge in [-0.3, -0.25) is 9.78 Å². The molecule has 0 radical (unpaired) electrons. The molecule has 0 saturated carbocycles. The number of pyridine rings is 1. The number of benzene rings is 1. The van der Waals surface area contributed by atoms with Gasteiger partial charge in [0, 0.05) is 35.1 Å². The van der Waals surface area contributed by atoms with Crippen LogP contribution in [0.3, 0.4) is 0 Å². The predicted molar refractivity (Wildman–Crippen MR) is 103 cm³/mol. The van der Waals surface area contributed by atoms with Gasteiger partial charge < -0.3 is 5.32 Å². The Kier molecular flexibility index (Phi) is 4.33. The largest absolute Gasteiger partial charge is 0.326 e. The van der Waals surface area contributed by atoms with E-state index in [1.54, 1.807) is 16.9 Å². The lowest BCUT2D eigenvalue weighted by Gasteiger charge is -2.08. The van der Waals surface area contributed by atoms with E-state index in [4.69, 9.17) is 0 Å². The molecular formula is C20H18N6O. The van der Waals surface area contributed by atoms with Crippen LogP contribution in [0.1, 0.15) is 13.8 Å². The van der Waals surface area contributed by atoms with Crippen molar-refractivity contribution in [3.8, 4) is 22.6 Å². The van der Waals surface area contributed by atoms with Gasteiger partial charge in [0.1, 0.15) is 0 Å². The number of rotatable bonds is 4. The Balaban J connectivity index is 1.67. The van der Waals surface area contributed by atoms with Crippen molar-refractivity contribution in [2.75, 3.05) is 5.32 Å². The second-order valence-corrected chi connectivity index (χ2v) is 6.48.